The summed E-state index contributed by atoms with van der Waals surface area (Å²) < 4.78 is 0. The Bertz CT molecular complexity index is 1680. The van der Waals surface area contributed by atoms with Crippen LogP contribution in [0.5, 0.6) is 0 Å². The second-order valence-electron chi connectivity index (χ2n) is 20.1. The molecule has 2 N–H and O–H groups in total. The average Bonchev–Trinajstić information content (AvgIpc) is 3.38. The molecule has 1 aromatic carbocycles. The molecule has 0 aromatic heterocycles. The number of carbonyl (C=O) groups is 4. The number of fused-ring (bicyclic) bond motifs is 7. The van der Waals surface area contributed by atoms with E-state index in [9.17, 15) is 24.3 Å². The standard InChI is InChI=1S/C46H64ClNO5/c1-26(2)40-36(50)25-46(20-21-48-39(51)22-28-8-10-30(47)11-9-28)19-15-34-31(41(40)46)12-13-38-44(34,6)18-16-37-43(4,5)29(14-17-45(37,38)7)23-35(49)32-24-33(27(32)3)42(52)53/h8-11,26-27,29,31-34,37-38H,12-25H2,1-7H3,(H,48,51)(H,52,53). The van der Waals surface area contributed by atoms with Crippen LogP contribution in [0.4, 0.5) is 0 Å². The maximum atomic E-state index is 13.9. The SMILES string of the molecule is CC(C)C1=C2C3CCC4C(C)(CCC5C(C)(C)C(CC(=O)C6CC(C(=O)O)C6C)CCC54C)C3CCC2(CCNC(=O)Cc2ccc(Cl)cc2)CC1=O. The number of hydrogen-bond acceptors (Lipinski definition) is 4. The van der Waals surface area contributed by atoms with Gasteiger partial charge in [0.25, 0.3) is 0 Å². The Labute approximate surface area is 323 Å². The minimum atomic E-state index is -0.759. The average molecular weight is 746 g/mol. The summed E-state index contributed by atoms with van der Waals surface area (Å²) in [5.74, 6) is 2.08. The molecule has 1 aromatic rings. The number of halogens is 1. The van der Waals surface area contributed by atoms with Crippen molar-refractivity contribution in [2.75, 3.05) is 6.54 Å². The highest BCUT2D eigenvalue weighted by atomic mass is 35.5. The van der Waals surface area contributed by atoms with Gasteiger partial charge in [0.2, 0.25) is 5.91 Å². The Morgan fingerprint density at radius 3 is 2.26 bits per heavy atom. The zero-order valence-corrected chi connectivity index (χ0v) is 34.1. The molecule has 7 rings (SSSR count). The summed E-state index contributed by atoms with van der Waals surface area (Å²) in [6, 6.07) is 7.46. The van der Waals surface area contributed by atoms with E-state index < -0.39 is 5.97 Å². The molecule has 0 bridgehead atoms. The molecule has 290 valence electrons. The van der Waals surface area contributed by atoms with Crippen LogP contribution >= 0.6 is 11.6 Å². The quantitative estimate of drug-likeness (QED) is 0.248. The van der Waals surface area contributed by atoms with Crippen molar-refractivity contribution in [3.8, 4) is 0 Å². The van der Waals surface area contributed by atoms with Gasteiger partial charge in [0.05, 0.1) is 12.3 Å². The maximum absolute atomic E-state index is 13.9. The number of nitrogens with one attached hydrogen (secondary N) is 1. The Morgan fingerprint density at radius 2 is 1.60 bits per heavy atom. The molecule has 6 nitrogen and oxygen atoms in total. The lowest BCUT2D eigenvalue weighted by Gasteiger charge is -2.69. The number of allylic oxidation sites excluding steroid dienone is 2. The van der Waals surface area contributed by atoms with Crippen molar-refractivity contribution in [2.24, 2.45) is 74.9 Å². The van der Waals surface area contributed by atoms with Crippen molar-refractivity contribution in [2.45, 2.75) is 132 Å². The van der Waals surface area contributed by atoms with E-state index in [2.05, 4.69) is 46.9 Å². The fraction of sp³-hybridized carbons (Fsp3) is 0.739. The molecule has 0 aliphatic heterocycles. The van der Waals surface area contributed by atoms with E-state index >= 15 is 0 Å². The molecule has 0 spiro atoms. The molecule has 53 heavy (non-hydrogen) atoms. The van der Waals surface area contributed by atoms with E-state index in [1.54, 1.807) is 0 Å². The predicted molar refractivity (Wildman–Crippen MR) is 209 cm³/mol. The van der Waals surface area contributed by atoms with Crippen LogP contribution in [-0.2, 0) is 25.6 Å². The van der Waals surface area contributed by atoms with E-state index in [1.807, 2.05) is 31.2 Å². The van der Waals surface area contributed by atoms with Gasteiger partial charge in [-0.05, 0) is 145 Å². The Balaban J connectivity index is 1.07. The molecule has 0 radical (unpaired) electrons. The lowest BCUT2D eigenvalue weighted by Crippen LogP contribution is -2.62. The maximum Gasteiger partial charge on any atom is 0.306 e. The first-order valence-electron chi connectivity index (χ1n) is 21.0. The lowest BCUT2D eigenvalue weighted by atomic mass is 9.35. The summed E-state index contributed by atoms with van der Waals surface area (Å²) >= 11 is 6.05. The van der Waals surface area contributed by atoms with Crippen molar-refractivity contribution in [1.82, 2.24) is 5.32 Å². The number of hydrogen-bond donors (Lipinski definition) is 2. The number of amides is 1. The summed E-state index contributed by atoms with van der Waals surface area (Å²) in [7, 11) is 0. The molecule has 6 aliphatic rings. The molecule has 11 unspecified atom stereocenters. The second kappa shape index (κ2) is 13.9. The molecule has 5 fully saturated rings. The van der Waals surface area contributed by atoms with Crippen LogP contribution in [-0.4, -0.2) is 35.1 Å². The van der Waals surface area contributed by atoms with Gasteiger partial charge < -0.3 is 10.4 Å². The van der Waals surface area contributed by atoms with Gasteiger partial charge in [-0.1, -0.05) is 77.8 Å². The van der Waals surface area contributed by atoms with Gasteiger partial charge in [0.15, 0.2) is 5.78 Å². The third kappa shape index (κ3) is 6.37. The van der Waals surface area contributed by atoms with E-state index in [-0.39, 0.29) is 51.2 Å². The van der Waals surface area contributed by atoms with Crippen LogP contribution in [0.25, 0.3) is 0 Å². The molecule has 6 aliphatic carbocycles. The van der Waals surface area contributed by atoms with Crippen LogP contribution in [0.2, 0.25) is 5.02 Å². The highest BCUT2D eigenvalue weighted by molar-refractivity contribution is 6.30. The summed E-state index contributed by atoms with van der Waals surface area (Å²) in [5.41, 5.74) is 3.85. The third-order valence-electron chi connectivity index (χ3n) is 17.1. The first-order valence-corrected chi connectivity index (χ1v) is 21.3. The first kappa shape index (κ1) is 38.8. The van der Waals surface area contributed by atoms with Crippen LogP contribution < -0.4 is 5.32 Å². The van der Waals surface area contributed by atoms with E-state index in [1.165, 1.54) is 24.8 Å². The van der Waals surface area contributed by atoms with Crippen molar-refractivity contribution in [1.29, 1.82) is 0 Å². The van der Waals surface area contributed by atoms with E-state index in [0.717, 1.165) is 49.7 Å². The Kier molecular flexibility index (Phi) is 10.2. The molecular weight excluding hydrogens is 682 g/mol. The minimum Gasteiger partial charge on any atom is -0.481 e. The molecular formula is C46H64ClNO5. The van der Waals surface area contributed by atoms with Gasteiger partial charge in [-0.25, -0.2) is 0 Å². The highest BCUT2D eigenvalue weighted by Gasteiger charge is 2.66. The summed E-state index contributed by atoms with van der Waals surface area (Å²) in [4.78, 5) is 52.1. The normalized spacial score (nSPS) is 40.1. The van der Waals surface area contributed by atoms with E-state index in [4.69, 9.17) is 11.6 Å². The fourth-order valence-electron chi connectivity index (χ4n) is 14.4. The molecule has 11 atom stereocenters. The summed E-state index contributed by atoms with van der Waals surface area (Å²) in [6.45, 7) is 17.0. The van der Waals surface area contributed by atoms with Crippen LogP contribution in [0.1, 0.15) is 131 Å². The first-order chi connectivity index (χ1) is 24.9. The van der Waals surface area contributed by atoms with Crippen molar-refractivity contribution in [3.05, 3.63) is 46.0 Å². The molecule has 5 saturated carbocycles. The second-order valence-corrected chi connectivity index (χ2v) is 20.6. The number of Topliss-reactive ketones (excluding diaryl/α,β-unsaturated/α-hetero) is 2. The monoisotopic (exact) mass is 745 g/mol. The molecule has 7 heteroatoms. The van der Waals surface area contributed by atoms with Gasteiger partial charge >= 0.3 is 5.97 Å². The smallest absolute Gasteiger partial charge is 0.306 e. The number of benzene rings is 1. The number of rotatable bonds is 10. The minimum absolute atomic E-state index is 0.0146. The van der Waals surface area contributed by atoms with Crippen LogP contribution in [0.15, 0.2) is 35.4 Å². The van der Waals surface area contributed by atoms with Crippen LogP contribution in [0, 0.1) is 74.9 Å². The van der Waals surface area contributed by atoms with Crippen molar-refractivity contribution < 1.29 is 24.3 Å². The predicted octanol–water partition coefficient (Wildman–Crippen LogP) is 9.91. The molecule has 0 heterocycles. The van der Waals surface area contributed by atoms with Gasteiger partial charge in [-0.2, -0.15) is 0 Å². The van der Waals surface area contributed by atoms with E-state index in [0.29, 0.717) is 78.4 Å². The number of carboxylic acid groups (broad SMARTS) is 1. The highest BCUT2D eigenvalue weighted by Crippen LogP contribution is 2.74. The number of aliphatic carboxylic acids is 1. The number of carboxylic acids is 1. The lowest BCUT2D eigenvalue weighted by molar-refractivity contribution is -0.193. The topological polar surface area (TPSA) is 101 Å². The van der Waals surface area contributed by atoms with Gasteiger partial charge in [-0.15, -0.1) is 0 Å². The zero-order valence-electron chi connectivity index (χ0n) is 33.4. The Morgan fingerprint density at radius 1 is 0.906 bits per heavy atom. The zero-order chi connectivity index (χ0) is 38.2. The van der Waals surface area contributed by atoms with Gasteiger partial charge in [0.1, 0.15) is 5.78 Å². The molecule has 1 amide bonds. The van der Waals surface area contributed by atoms with Crippen molar-refractivity contribution in [3.63, 3.8) is 0 Å². The van der Waals surface area contributed by atoms with Crippen molar-refractivity contribution >= 4 is 35.0 Å². The largest absolute Gasteiger partial charge is 0.481 e. The third-order valence-corrected chi connectivity index (χ3v) is 17.4. The fourth-order valence-corrected chi connectivity index (χ4v) is 14.5. The summed E-state index contributed by atoms with van der Waals surface area (Å²) in [6.07, 6.45) is 12.0. The van der Waals surface area contributed by atoms with Crippen LogP contribution in [0.3, 0.4) is 0 Å². The number of carbonyl (C=O) groups excluding carboxylic acids is 3. The van der Waals surface area contributed by atoms with Gasteiger partial charge in [0, 0.05) is 35.7 Å². The van der Waals surface area contributed by atoms with Gasteiger partial charge in [-0.3, -0.25) is 19.2 Å². The number of ketones is 2. The summed E-state index contributed by atoms with van der Waals surface area (Å²) in [5, 5.41) is 13.4. The Hall–Kier alpha value is -2.47. The molecule has 0 saturated heterocycles.